The maximum atomic E-state index is 10.5. The minimum absolute atomic E-state index is 0.272. The van der Waals surface area contributed by atoms with Crippen LogP contribution in [0.3, 0.4) is 0 Å². The fourth-order valence-corrected chi connectivity index (χ4v) is 2.48. The number of furan rings is 1. The van der Waals surface area contributed by atoms with E-state index in [2.05, 4.69) is 4.90 Å². The number of nitrogens with zero attached hydrogens (tertiary/aromatic N) is 1. The first-order valence-corrected chi connectivity index (χ1v) is 6.19. The Morgan fingerprint density at radius 3 is 3.12 bits per heavy atom. The third kappa shape index (κ3) is 3.41. The molecule has 0 spiro atoms. The van der Waals surface area contributed by atoms with Gasteiger partial charge in [0.2, 0.25) is 0 Å². The monoisotopic (exact) mass is 237 g/mol. The molecule has 0 amide bonds. The van der Waals surface area contributed by atoms with Gasteiger partial charge >= 0.3 is 0 Å². The number of hydrogen-bond acceptors (Lipinski definition) is 4. The summed E-state index contributed by atoms with van der Waals surface area (Å²) in [6, 6.07) is 3.57. The second kappa shape index (κ2) is 5.98. The molecule has 4 nitrogen and oxygen atoms in total. The zero-order valence-corrected chi connectivity index (χ0v) is 9.97. The normalized spacial score (nSPS) is 21.6. The summed E-state index contributed by atoms with van der Waals surface area (Å²) in [5, 5.41) is 8.95. The van der Waals surface area contributed by atoms with E-state index in [1.165, 1.54) is 12.8 Å². The van der Waals surface area contributed by atoms with Crippen LogP contribution in [-0.4, -0.2) is 36.0 Å². The number of rotatable bonds is 5. The second-order valence-electron chi connectivity index (χ2n) is 4.68. The maximum Gasteiger partial charge on any atom is 0.185 e. The number of piperidine rings is 1. The molecule has 1 aliphatic rings. The number of aliphatic hydroxyl groups excluding tert-OH is 1. The van der Waals surface area contributed by atoms with E-state index in [1.54, 1.807) is 6.07 Å². The van der Waals surface area contributed by atoms with E-state index in [9.17, 15) is 4.79 Å². The molecule has 17 heavy (non-hydrogen) atoms. The molecule has 2 heterocycles. The van der Waals surface area contributed by atoms with E-state index in [0.29, 0.717) is 11.7 Å². The van der Waals surface area contributed by atoms with Crippen molar-refractivity contribution in [1.29, 1.82) is 0 Å². The number of aliphatic hydroxyl groups is 1. The van der Waals surface area contributed by atoms with E-state index < -0.39 is 0 Å². The molecule has 1 aliphatic heterocycles. The number of likely N-dealkylation sites (tertiary alicyclic amines) is 1. The van der Waals surface area contributed by atoms with Gasteiger partial charge in [0, 0.05) is 13.2 Å². The van der Waals surface area contributed by atoms with E-state index in [1.807, 2.05) is 6.07 Å². The van der Waals surface area contributed by atoms with Crippen LogP contribution in [0.25, 0.3) is 0 Å². The van der Waals surface area contributed by atoms with Crippen LogP contribution >= 0.6 is 0 Å². The fraction of sp³-hybridized carbons (Fsp3) is 0.615. The predicted molar refractivity (Wildman–Crippen MR) is 63.8 cm³/mol. The van der Waals surface area contributed by atoms with E-state index in [4.69, 9.17) is 9.52 Å². The van der Waals surface area contributed by atoms with Gasteiger partial charge < -0.3 is 9.52 Å². The highest BCUT2D eigenvalue weighted by molar-refractivity contribution is 5.70. The second-order valence-corrected chi connectivity index (χ2v) is 4.68. The van der Waals surface area contributed by atoms with Crippen LogP contribution in [0.5, 0.6) is 0 Å². The van der Waals surface area contributed by atoms with Crippen molar-refractivity contribution >= 4 is 6.29 Å². The molecule has 0 aromatic carbocycles. The van der Waals surface area contributed by atoms with Gasteiger partial charge in [-0.1, -0.05) is 0 Å². The summed E-state index contributed by atoms with van der Waals surface area (Å²) < 4.78 is 5.37. The highest BCUT2D eigenvalue weighted by atomic mass is 16.3. The molecule has 1 unspecified atom stereocenters. The number of carbonyl (C=O) groups is 1. The van der Waals surface area contributed by atoms with E-state index in [0.717, 1.165) is 38.1 Å². The molecule has 0 radical (unpaired) electrons. The smallest absolute Gasteiger partial charge is 0.185 e. The lowest BCUT2D eigenvalue weighted by Gasteiger charge is -2.31. The topological polar surface area (TPSA) is 53.7 Å². The first-order chi connectivity index (χ1) is 8.31. The van der Waals surface area contributed by atoms with Gasteiger partial charge in [0.25, 0.3) is 0 Å². The van der Waals surface area contributed by atoms with Crippen LogP contribution in [0.1, 0.15) is 35.6 Å². The molecule has 94 valence electrons. The lowest BCUT2D eigenvalue weighted by atomic mass is 9.95. The Hall–Kier alpha value is -1.13. The average Bonchev–Trinajstić information content (AvgIpc) is 2.78. The Morgan fingerprint density at radius 1 is 1.53 bits per heavy atom. The Morgan fingerprint density at radius 2 is 2.41 bits per heavy atom. The Bertz CT molecular complexity index is 359. The summed E-state index contributed by atoms with van der Waals surface area (Å²) in [6.07, 6.45) is 3.99. The molecular weight excluding hydrogens is 218 g/mol. The molecule has 1 aromatic rings. The van der Waals surface area contributed by atoms with Crippen molar-refractivity contribution in [3.8, 4) is 0 Å². The van der Waals surface area contributed by atoms with Gasteiger partial charge in [-0.2, -0.15) is 0 Å². The molecule has 0 saturated carbocycles. The van der Waals surface area contributed by atoms with Gasteiger partial charge in [-0.15, -0.1) is 0 Å². The molecule has 2 rings (SSSR count). The van der Waals surface area contributed by atoms with Crippen molar-refractivity contribution in [3.05, 3.63) is 23.7 Å². The Kier molecular flexibility index (Phi) is 4.34. The Balaban J connectivity index is 1.87. The average molecular weight is 237 g/mol. The van der Waals surface area contributed by atoms with E-state index >= 15 is 0 Å². The molecular formula is C13H19NO3. The van der Waals surface area contributed by atoms with Crippen molar-refractivity contribution in [1.82, 2.24) is 4.90 Å². The van der Waals surface area contributed by atoms with Crippen LogP contribution in [-0.2, 0) is 6.54 Å². The maximum absolute atomic E-state index is 10.5. The summed E-state index contributed by atoms with van der Waals surface area (Å²) in [4.78, 5) is 12.8. The number of carbonyl (C=O) groups excluding carboxylic acids is 1. The summed E-state index contributed by atoms with van der Waals surface area (Å²) >= 11 is 0. The molecule has 4 heteroatoms. The molecule has 1 saturated heterocycles. The minimum atomic E-state index is 0.272. The molecule has 1 aromatic heterocycles. The third-order valence-electron chi connectivity index (χ3n) is 3.32. The lowest BCUT2D eigenvalue weighted by molar-refractivity contribution is 0.109. The molecule has 1 N–H and O–H groups in total. The van der Waals surface area contributed by atoms with Crippen LogP contribution < -0.4 is 0 Å². The van der Waals surface area contributed by atoms with Gasteiger partial charge in [0.1, 0.15) is 5.76 Å². The van der Waals surface area contributed by atoms with Crippen molar-refractivity contribution in [2.24, 2.45) is 5.92 Å². The quantitative estimate of drug-likeness (QED) is 0.792. The molecule has 0 aliphatic carbocycles. The van der Waals surface area contributed by atoms with Gasteiger partial charge in [-0.25, -0.2) is 0 Å². The SMILES string of the molecule is O=Cc1ccc(CN2CCCC(CCO)C2)o1. The summed E-state index contributed by atoms with van der Waals surface area (Å²) in [6.45, 7) is 3.11. The Labute approximate surface area is 101 Å². The van der Waals surface area contributed by atoms with Crippen LogP contribution in [0.4, 0.5) is 0 Å². The van der Waals surface area contributed by atoms with Crippen LogP contribution in [0.15, 0.2) is 16.5 Å². The van der Waals surface area contributed by atoms with E-state index in [-0.39, 0.29) is 6.61 Å². The summed E-state index contributed by atoms with van der Waals surface area (Å²) in [5.74, 6) is 1.83. The zero-order chi connectivity index (χ0) is 12.1. The summed E-state index contributed by atoms with van der Waals surface area (Å²) in [7, 11) is 0. The highest BCUT2D eigenvalue weighted by Gasteiger charge is 2.20. The first kappa shape index (κ1) is 12.3. The predicted octanol–water partition coefficient (Wildman–Crippen LogP) is 1.69. The van der Waals surface area contributed by atoms with Crippen molar-refractivity contribution < 1.29 is 14.3 Å². The van der Waals surface area contributed by atoms with Crippen LogP contribution in [0.2, 0.25) is 0 Å². The van der Waals surface area contributed by atoms with Crippen molar-refractivity contribution in [3.63, 3.8) is 0 Å². The van der Waals surface area contributed by atoms with Gasteiger partial charge in [-0.05, 0) is 43.9 Å². The largest absolute Gasteiger partial charge is 0.457 e. The lowest BCUT2D eigenvalue weighted by Crippen LogP contribution is -2.35. The number of aldehydes is 1. The highest BCUT2D eigenvalue weighted by Crippen LogP contribution is 2.21. The fourth-order valence-electron chi connectivity index (χ4n) is 2.48. The van der Waals surface area contributed by atoms with Gasteiger partial charge in [0.15, 0.2) is 12.0 Å². The standard InChI is InChI=1S/C13H19NO3/c15-7-5-11-2-1-6-14(8-11)9-12-3-4-13(10-16)17-12/h3-4,10-11,15H,1-2,5-9H2. The number of hydrogen-bond donors (Lipinski definition) is 1. The molecule has 0 bridgehead atoms. The molecule has 1 fully saturated rings. The summed E-state index contributed by atoms with van der Waals surface area (Å²) in [5.41, 5.74) is 0. The minimum Gasteiger partial charge on any atom is -0.457 e. The van der Waals surface area contributed by atoms with Gasteiger partial charge in [-0.3, -0.25) is 9.69 Å². The van der Waals surface area contributed by atoms with Gasteiger partial charge in [0.05, 0.1) is 6.54 Å². The third-order valence-corrected chi connectivity index (χ3v) is 3.32. The van der Waals surface area contributed by atoms with Crippen molar-refractivity contribution in [2.75, 3.05) is 19.7 Å². The van der Waals surface area contributed by atoms with Crippen molar-refractivity contribution in [2.45, 2.75) is 25.8 Å². The van der Waals surface area contributed by atoms with Crippen LogP contribution in [0, 0.1) is 5.92 Å². The zero-order valence-electron chi connectivity index (χ0n) is 9.97. The first-order valence-electron chi connectivity index (χ1n) is 6.19. The molecule has 1 atom stereocenters.